The molecule has 14 heavy (non-hydrogen) atoms. The summed E-state index contributed by atoms with van der Waals surface area (Å²) in [7, 11) is 0. The van der Waals surface area contributed by atoms with Crippen molar-refractivity contribution in [2.75, 3.05) is 0 Å². The van der Waals surface area contributed by atoms with E-state index in [2.05, 4.69) is 38.0 Å². The number of hydrogen-bond acceptors (Lipinski definition) is 2. The molecule has 0 atom stereocenters. The van der Waals surface area contributed by atoms with Crippen LogP contribution in [0.4, 0.5) is 0 Å². The second kappa shape index (κ2) is 4.33. The number of aromatic nitrogens is 2. The summed E-state index contributed by atoms with van der Waals surface area (Å²) in [6.45, 7) is 0. The van der Waals surface area contributed by atoms with Crippen LogP contribution < -0.4 is 0 Å². The molecule has 0 aliphatic heterocycles. The molecule has 2 aromatic rings. The van der Waals surface area contributed by atoms with E-state index in [9.17, 15) is 0 Å². The lowest BCUT2D eigenvalue weighted by Crippen LogP contribution is -1.92. The Morgan fingerprint density at radius 2 is 1.86 bits per heavy atom. The first-order valence-corrected chi connectivity index (χ1v) is 5.14. The van der Waals surface area contributed by atoms with Crippen LogP contribution in [0.2, 0.25) is 0 Å². The van der Waals surface area contributed by atoms with Gasteiger partial charge >= 0.3 is 0 Å². The number of halogens is 1. The van der Waals surface area contributed by atoms with E-state index >= 15 is 0 Å². The van der Waals surface area contributed by atoms with Crippen LogP contribution in [-0.4, -0.2) is 9.97 Å². The van der Waals surface area contributed by atoms with Crippen molar-refractivity contribution in [2.24, 2.45) is 0 Å². The summed E-state index contributed by atoms with van der Waals surface area (Å²) in [4.78, 5) is 8.18. The molecule has 1 heterocycles. The van der Waals surface area contributed by atoms with Crippen molar-refractivity contribution in [1.82, 2.24) is 9.97 Å². The molecular formula is C11H9BrN2. The van der Waals surface area contributed by atoms with E-state index in [1.807, 2.05) is 24.3 Å². The van der Waals surface area contributed by atoms with Gasteiger partial charge in [-0.25, -0.2) is 9.97 Å². The van der Waals surface area contributed by atoms with Gasteiger partial charge in [0.2, 0.25) is 0 Å². The second-order valence-electron chi connectivity index (χ2n) is 2.99. The molecule has 0 bridgehead atoms. The minimum Gasteiger partial charge on any atom is -0.241 e. The zero-order chi connectivity index (χ0) is 9.80. The predicted molar refractivity (Wildman–Crippen MR) is 59.0 cm³/mol. The van der Waals surface area contributed by atoms with E-state index < -0.39 is 0 Å². The van der Waals surface area contributed by atoms with Crippen LogP contribution in [-0.2, 0) is 6.42 Å². The van der Waals surface area contributed by atoms with Gasteiger partial charge in [-0.15, -0.1) is 0 Å². The molecule has 0 aliphatic rings. The highest BCUT2D eigenvalue weighted by atomic mass is 79.9. The van der Waals surface area contributed by atoms with Gasteiger partial charge in [-0.1, -0.05) is 30.3 Å². The van der Waals surface area contributed by atoms with Crippen molar-refractivity contribution in [2.45, 2.75) is 6.42 Å². The average Bonchev–Trinajstić information content (AvgIpc) is 2.19. The molecule has 1 aromatic carbocycles. The molecule has 1 aromatic heterocycles. The minimum atomic E-state index is 0.832. The molecule has 3 heteroatoms. The van der Waals surface area contributed by atoms with Crippen LogP contribution in [0, 0.1) is 0 Å². The zero-order valence-corrected chi connectivity index (χ0v) is 9.11. The Labute approximate surface area is 91.2 Å². The van der Waals surface area contributed by atoms with Crippen molar-refractivity contribution in [3.8, 4) is 0 Å². The van der Waals surface area contributed by atoms with Gasteiger partial charge in [-0.05, 0) is 27.6 Å². The molecule has 0 saturated carbocycles. The summed E-state index contributed by atoms with van der Waals surface area (Å²) in [6.07, 6.45) is 2.42. The first-order chi connectivity index (χ1) is 6.84. The van der Waals surface area contributed by atoms with Crippen molar-refractivity contribution in [1.29, 1.82) is 0 Å². The largest absolute Gasteiger partial charge is 0.241 e. The fourth-order valence-electron chi connectivity index (χ4n) is 1.27. The number of benzene rings is 1. The third-order valence-electron chi connectivity index (χ3n) is 1.92. The lowest BCUT2D eigenvalue weighted by Gasteiger charge is -2.00. The number of hydrogen-bond donors (Lipinski definition) is 0. The van der Waals surface area contributed by atoms with E-state index in [0.29, 0.717) is 0 Å². The smallest absolute Gasteiger partial charge is 0.116 e. The van der Waals surface area contributed by atoms with Crippen molar-refractivity contribution >= 4 is 15.9 Å². The van der Waals surface area contributed by atoms with Gasteiger partial charge in [0.1, 0.15) is 10.9 Å². The summed E-state index contributed by atoms with van der Waals surface area (Å²) >= 11 is 3.32. The summed E-state index contributed by atoms with van der Waals surface area (Å²) in [5.74, 6) is 0. The Morgan fingerprint density at radius 1 is 1.07 bits per heavy atom. The first kappa shape index (κ1) is 9.34. The van der Waals surface area contributed by atoms with Gasteiger partial charge in [0, 0.05) is 12.1 Å². The lowest BCUT2D eigenvalue weighted by atomic mass is 10.1. The quantitative estimate of drug-likeness (QED) is 0.765. The number of nitrogens with zero attached hydrogens (tertiary/aromatic N) is 2. The maximum atomic E-state index is 4.19. The van der Waals surface area contributed by atoms with Crippen LogP contribution in [0.3, 0.4) is 0 Å². The minimum absolute atomic E-state index is 0.832. The highest BCUT2D eigenvalue weighted by Crippen LogP contribution is 2.10. The van der Waals surface area contributed by atoms with Crippen LogP contribution in [0.1, 0.15) is 11.3 Å². The Morgan fingerprint density at radius 3 is 2.57 bits per heavy atom. The Kier molecular flexibility index (Phi) is 2.89. The molecule has 0 unspecified atom stereocenters. The average molecular weight is 249 g/mol. The highest BCUT2D eigenvalue weighted by Gasteiger charge is 1.97. The highest BCUT2D eigenvalue weighted by molar-refractivity contribution is 9.10. The van der Waals surface area contributed by atoms with Crippen LogP contribution >= 0.6 is 15.9 Å². The summed E-state index contributed by atoms with van der Waals surface area (Å²) in [5.41, 5.74) is 2.29. The zero-order valence-electron chi connectivity index (χ0n) is 7.52. The molecule has 0 radical (unpaired) electrons. The van der Waals surface area contributed by atoms with Crippen LogP contribution in [0.5, 0.6) is 0 Å². The molecule has 0 fully saturated rings. The topological polar surface area (TPSA) is 25.8 Å². The van der Waals surface area contributed by atoms with Gasteiger partial charge in [-0.3, -0.25) is 0 Å². The molecule has 0 aliphatic carbocycles. The SMILES string of the molecule is Brc1cc(Cc2ccccc2)ncn1. The maximum Gasteiger partial charge on any atom is 0.116 e. The Bertz CT molecular complexity index is 415. The van der Waals surface area contributed by atoms with Gasteiger partial charge < -0.3 is 0 Å². The summed E-state index contributed by atoms with van der Waals surface area (Å²) in [6, 6.07) is 12.2. The predicted octanol–water partition coefficient (Wildman–Crippen LogP) is 2.83. The standard InChI is InChI=1S/C11H9BrN2/c12-11-7-10(13-8-14-11)6-9-4-2-1-3-5-9/h1-5,7-8H,6H2. The molecule has 2 nitrogen and oxygen atoms in total. The third-order valence-corrected chi connectivity index (χ3v) is 2.35. The monoisotopic (exact) mass is 248 g/mol. The van der Waals surface area contributed by atoms with E-state index in [1.54, 1.807) is 6.33 Å². The first-order valence-electron chi connectivity index (χ1n) is 4.35. The molecule has 0 spiro atoms. The van der Waals surface area contributed by atoms with Crippen LogP contribution in [0.25, 0.3) is 0 Å². The van der Waals surface area contributed by atoms with E-state index in [-0.39, 0.29) is 0 Å². The Hall–Kier alpha value is -1.22. The van der Waals surface area contributed by atoms with Gasteiger partial charge in [0.05, 0.1) is 0 Å². The van der Waals surface area contributed by atoms with Gasteiger partial charge in [0.25, 0.3) is 0 Å². The van der Waals surface area contributed by atoms with Crippen molar-refractivity contribution in [3.05, 3.63) is 58.6 Å². The maximum absolute atomic E-state index is 4.19. The third kappa shape index (κ3) is 2.39. The Balaban J connectivity index is 2.19. The van der Waals surface area contributed by atoms with Gasteiger partial charge in [-0.2, -0.15) is 0 Å². The molecule has 0 N–H and O–H groups in total. The molecule has 70 valence electrons. The van der Waals surface area contributed by atoms with Gasteiger partial charge in [0.15, 0.2) is 0 Å². The molecule has 0 saturated heterocycles. The normalized spacial score (nSPS) is 10.1. The summed E-state index contributed by atoms with van der Waals surface area (Å²) < 4.78 is 0.832. The van der Waals surface area contributed by atoms with Crippen molar-refractivity contribution in [3.63, 3.8) is 0 Å². The van der Waals surface area contributed by atoms with E-state index in [4.69, 9.17) is 0 Å². The van der Waals surface area contributed by atoms with E-state index in [0.717, 1.165) is 16.7 Å². The number of rotatable bonds is 2. The van der Waals surface area contributed by atoms with E-state index in [1.165, 1.54) is 5.56 Å². The second-order valence-corrected chi connectivity index (χ2v) is 3.81. The lowest BCUT2D eigenvalue weighted by molar-refractivity contribution is 1.01. The molecule has 2 rings (SSSR count). The molecular weight excluding hydrogens is 240 g/mol. The van der Waals surface area contributed by atoms with Crippen LogP contribution in [0.15, 0.2) is 47.3 Å². The van der Waals surface area contributed by atoms with Crippen molar-refractivity contribution < 1.29 is 0 Å². The fourth-order valence-corrected chi connectivity index (χ4v) is 1.63. The molecule has 0 amide bonds. The summed E-state index contributed by atoms with van der Waals surface area (Å²) in [5, 5.41) is 0. The fraction of sp³-hybridized carbons (Fsp3) is 0.0909.